The van der Waals surface area contributed by atoms with E-state index in [1.54, 1.807) is 42.8 Å². The molecule has 0 unspecified atom stereocenters. The van der Waals surface area contributed by atoms with Crippen molar-refractivity contribution in [1.82, 2.24) is 4.90 Å². The third-order valence-electron chi connectivity index (χ3n) is 5.55. The Balaban J connectivity index is 1.37. The molecular weight excluding hydrogens is 488 g/mol. The second-order valence-electron chi connectivity index (χ2n) is 8.05. The molecule has 0 aliphatic carbocycles. The number of carbonyl (C=O) groups is 1. The molecule has 1 aliphatic heterocycles. The zero-order chi connectivity index (χ0) is 25.6. The molecular formula is C28H20N4O4S. The fraction of sp³-hybridized carbons (Fsp3) is 0.0357. The number of amidine groups is 1. The number of carbonyl (C=O) groups excluding carboxylic acids is 1. The number of nitro groups is 1. The minimum atomic E-state index is -0.463. The van der Waals surface area contributed by atoms with Crippen LogP contribution in [-0.2, 0) is 11.3 Å². The minimum Gasteiger partial charge on any atom is -0.467 e. The van der Waals surface area contributed by atoms with Crippen molar-refractivity contribution in [1.29, 1.82) is 0 Å². The van der Waals surface area contributed by atoms with Crippen LogP contribution in [0.2, 0.25) is 0 Å². The number of benzene rings is 3. The Labute approximate surface area is 216 Å². The zero-order valence-corrected chi connectivity index (χ0v) is 20.2. The average Bonchev–Trinajstić information content (AvgIpc) is 3.54. The highest BCUT2D eigenvalue weighted by atomic mass is 32.2. The van der Waals surface area contributed by atoms with E-state index in [1.807, 2.05) is 42.5 Å². The van der Waals surface area contributed by atoms with Crippen molar-refractivity contribution in [3.63, 3.8) is 0 Å². The van der Waals surface area contributed by atoms with E-state index >= 15 is 0 Å². The van der Waals surface area contributed by atoms with Crippen LogP contribution in [0.5, 0.6) is 0 Å². The maximum Gasteiger partial charge on any atom is 0.269 e. The molecule has 2 heterocycles. The van der Waals surface area contributed by atoms with Gasteiger partial charge < -0.3 is 4.42 Å². The summed E-state index contributed by atoms with van der Waals surface area (Å²) in [5.74, 6) is 0.361. The Bertz CT molecular complexity index is 1490. The summed E-state index contributed by atoms with van der Waals surface area (Å²) in [6, 6.07) is 27.6. The number of furan rings is 1. The first-order valence-corrected chi connectivity index (χ1v) is 12.1. The fourth-order valence-corrected chi connectivity index (χ4v) is 4.60. The molecule has 9 heteroatoms. The smallest absolute Gasteiger partial charge is 0.269 e. The third-order valence-corrected chi connectivity index (χ3v) is 6.55. The van der Waals surface area contributed by atoms with Gasteiger partial charge in [-0.15, -0.1) is 5.10 Å². The maximum atomic E-state index is 13.2. The summed E-state index contributed by atoms with van der Waals surface area (Å²) in [6.45, 7) is 0.205. The number of nitro benzene ring substituents is 1. The van der Waals surface area contributed by atoms with Crippen LogP contribution in [0.15, 0.2) is 117 Å². The molecule has 0 atom stereocenters. The van der Waals surface area contributed by atoms with Gasteiger partial charge in [-0.25, -0.2) is 0 Å². The van der Waals surface area contributed by atoms with Crippen molar-refractivity contribution in [2.45, 2.75) is 6.54 Å². The van der Waals surface area contributed by atoms with Crippen LogP contribution in [0.25, 0.3) is 17.2 Å². The lowest BCUT2D eigenvalue weighted by Crippen LogP contribution is -2.28. The monoisotopic (exact) mass is 508 g/mol. The van der Waals surface area contributed by atoms with Crippen LogP contribution in [0.3, 0.4) is 0 Å². The lowest BCUT2D eigenvalue weighted by molar-refractivity contribution is -0.384. The molecule has 1 amide bonds. The zero-order valence-electron chi connectivity index (χ0n) is 19.4. The van der Waals surface area contributed by atoms with Gasteiger partial charge in [-0.2, -0.15) is 5.10 Å². The summed E-state index contributed by atoms with van der Waals surface area (Å²) in [5.41, 5.74) is 3.76. The Morgan fingerprint density at radius 1 is 0.892 bits per heavy atom. The SMILES string of the molecule is O=C1/C(=C/c2ccc([N+](=O)[O-])cc2)S/C(=N/N=C\c2ccc(-c3ccccc3)cc2)N1Cc1ccco1. The number of non-ortho nitro benzene ring substituents is 1. The van der Waals surface area contributed by atoms with Gasteiger partial charge >= 0.3 is 0 Å². The van der Waals surface area contributed by atoms with E-state index in [9.17, 15) is 14.9 Å². The molecule has 8 nitrogen and oxygen atoms in total. The van der Waals surface area contributed by atoms with Gasteiger partial charge in [-0.05, 0) is 64.4 Å². The molecule has 0 N–H and O–H groups in total. The van der Waals surface area contributed by atoms with Gasteiger partial charge in [-0.3, -0.25) is 19.8 Å². The van der Waals surface area contributed by atoms with Crippen LogP contribution < -0.4 is 0 Å². The summed E-state index contributed by atoms with van der Waals surface area (Å²) in [4.78, 5) is 25.6. The molecule has 0 bridgehead atoms. The largest absolute Gasteiger partial charge is 0.467 e. The van der Waals surface area contributed by atoms with Gasteiger partial charge in [0.05, 0.1) is 28.9 Å². The average molecular weight is 509 g/mol. The van der Waals surface area contributed by atoms with E-state index in [0.29, 0.717) is 21.4 Å². The standard InChI is InChI=1S/C28H20N4O4S/c33-27-26(17-20-10-14-24(15-11-20)32(34)35)37-28(31(27)19-25-7-4-16-36-25)30-29-18-21-8-12-23(13-9-21)22-5-2-1-3-6-22/h1-18H,19H2/b26-17-,29-18-,30-28+. The van der Waals surface area contributed by atoms with Gasteiger partial charge in [0.1, 0.15) is 5.76 Å². The second-order valence-corrected chi connectivity index (χ2v) is 9.05. The van der Waals surface area contributed by atoms with Crippen molar-refractivity contribution >= 4 is 40.8 Å². The summed E-state index contributed by atoms with van der Waals surface area (Å²) < 4.78 is 5.42. The quantitative estimate of drug-likeness (QED) is 0.125. The van der Waals surface area contributed by atoms with Crippen molar-refractivity contribution < 1.29 is 14.1 Å². The number of amides is 1. The van der Waals surface area contributed by atoms with Crippen molar-refractivity contribution in [2.75, 3.05) is 0 Å². The Kier molecular flexibility index (Phi) is 7.05. The summed E-state index contributed by atoms with van der Waals surface area (Å²) in [5, 5.41) is 19.9. The predicted molar refractivity (Wildman–Crippen MR) is 145 cm³/mol. The first-order chi connectivity index (χ1) is 18.1. The molecule has 1 aromatic heterocycles. The molecule has 1 aliphatic rings. The Morgan fingerprint density at radius 2 is 1.59 bits per heavy atom. The molecule has 182 valence electrons. The summed E-state index contributed by atoms with van der Waals surface area (Å²) in [6.07, 6.45) is 4.86. The van der Waals surface area contributed by atoms with Gasteiger partial charge in [0.2, 0.25) is 0 Å². The molecule has 0 spiro atoms. The predicted octanol–water partition coefficient (Wildman–Crippen LogP) is 6.36. The van der Waals surface area contributed by atoms with E-state index < -0.39 is 4.92 Å². The number of hydrogen-bond donors (Lipinski definition) is 0. The van der Waals surface area contributed by atoms with Crippen molar-refractivity contribution in [2.24, 2.45) is 10.2 Å². The van der Waals surface area contributed by atoms with Gasteiger partial charge in [-0.1, -0.05) is 54.6 Å². The number of rotatable bonds is 7. The maximum absolute atomic E-state index is 13.2. The number of thioether (sulfide) groups is 1. The summed E-state index contributed by atoms with van der Waals surface area (Å²) >= 11 is 1.19. The van der Waals surface area contributed by atoms with Gasteiger partial charge in [0, 0.05) is 12.1 Å². The number of hydrogen-bond acceptors (Lipinski definition) is 7. The van der Waals surface area contributed by atoms with Gasteiger partial charge in [0.25, 0.3) is 11.6 Å². The highest BCUT2D eigenvalue weighted by Crippen LogP contribution is 2.34. The molecule has 0 saturated carbocycles. The third kappa shape index (κ3) is 5.74. The van der Waals surface area contributed by atoms with Crippen LogP contribution >= 0.6 is 11.8 Å². The molecule has 1 saturated heterocycles. The van der Waals surface area contributed by atoms with E-state index in [0.717, 1.165) is 16.7 Å². The molecule has 37 heavy (non-hydrogen) atoms. The van der Waals surface area contributed by atoms with Crippen molar-refractivity contribution in [3.8, 4) is 11.1 Å². The first-order valence-electron chi connectivity index (χ1n) is 11.3. The normalized spacial score (nSPS) is 15.8. The second kappa shape index (κ2) is 10.9. The van der Waals surface area contributed by atoms with Gasteiger partial charge in [0.15, 0.2) is 5.17 Å². The highest BCUT2D eigenvalue weighted by molar-refractivity contribution is 8.18. The van der Waals surface area contributed by atoms with E-state index in [-0.39, 0.29) is 18.1 Å². The molecule has 1 fully saturated rings. The van der Waals surface area contributed by atoms with E-state index in [2.05, 4.69) is 22.3 Å². The molecule has 3 aromatic carbocycles. The summed E-state index contributed by atoms with van der Waals surface area (Å²) in [7, 11) is 0. The minimum absolute atomic E-state index is 0.0135. The molecule has 0 radical (unpaired) electrons. The lowest BCUT2D eigenvalue weighted by Gasteiger charge is -2.12. The van der Waals surface area contributed by atoms with E-state index in [4.69, 9.17) is 4.42 Å². The highest BCUT2D eigenvalue weighted by Gasteiger charge is 2.34. The first kappa shape index (κ1) is 24.0. The van der Waals surface area contributed by atoms with Crippen LogP contribution in [-0.4, -0.2) is 27.1 Å². The van der Waals surface area contributed by atoms with Crippen LogP contribution in [0, 0.1) is 10.1 Å². The van der Waals surface area contributed by atoms with Crippen LogP contribution in [0.1, 0.15) is 16.9 Å². The topological polar surface area (TPSA) is 101 Å². The van der Waals surface area contributed by atoms with E-state index in [1.165, 1.54) is 28.8 Å². The molecule has 5 rings (SSSR count). The number of nitrogens with zero attached hydrogens (tertiary/aromatic N) is 4. The Hall–Kier alpha value is -4.76. The lowest BCUT2D eigenvalue weighted by atomic mass is 10.0. The van der Waals surface area contributed by atoms with Crippen molar-refractivity contribution in [3.05, 3.63) is 129 Å². The molecule has 4 aromatic rings. The van der Waals surface area contributed by atoms with Crippen LogP contribution in [0.4, 0.5) is 5.69 Å². The fourth-order valence-electron chi connectivity index (χ4n) is 3.66. The Morgan fingerprint density at radius 3 is 2.27 bits per heavy atom.